The van der Waals surface area contributed by atoms with Crippen LogP contribution in [0.4, 0.5) is 0 Å². The minimum atomic E-state index is -1.62. The molecule has 0 amide bonds. The number of hydrogen-bond acceptors (Lipinski definition) is 1. The Balaban J connectivity index is 2.19. The van der Waals surface area contributed by atoms with Crippen molar-refractivity contribution in [1.82, 2.24) is 0 Å². The van der Waals surface area contributed by atoms with Crippen molar-refractivity contribution < 1.29 is 20.8 Å². The number of allylic oxidation sites excluding steroid dienone is 4. The van der Waals surface area contributed by atoms with E-state index >= 15 is 0 Å². The summed E-state index contributed by atoms with van der Waals surface area (Å²) in [7, 11) is 0. The SMILES string of the molecule is CCCCCc1cc(CCCCC)cc([O][Ti]([C]2=C(C)C=CC2)[SiH](C)C)c1. The Morgan fingerprint density at radius 3 is 1.96 bits per heavy atom. The molecule has 0 bridgehead atoms. The van der Waals surface area contributed by atoms with E-state index in [9.17, 15) is 0 Å². The van der Waals surface area contributed by atoms with Gasteiger partial charge in [0.2, 0.25) is 0 Å². The fraction of sp³-hybridized carbons (Fsp3) is 0.583. The third-order valence-corrected chi connectivity index (χ3v) is 15.8. The molecule has 27 heavy (non-hydrogen) atoms. The zero-order chi connectivity index (χ0) is 19.6. The van der Waals surface area contributed by atoms with Crippen LogP contribution in [0.1, 0.15) is 76.8 Å². The molecule has 0 radical (unpaired) electrons. The fourth-order valence-corrected chi connectivity index (χ4v) is 13.1. The van der Waals surface area contributed by atoms with Crippen molar-refractivity contribution in [2.24, 2.45) is 0 Å². The Labute approximate surface area is 175 Å². The molecule has 0 aliphatic heterocycles. The molecule has 0 saturated heterocycles. The Morgan fingerprint density at radius 1 is 0.926 bits per heavy atom. The predicted octanol–water partition coefficient (Wildman–Crippen LogP) is 7.28. The topological polar surface area (TPSA) is 9.23 Å². The summed E-state index contributed by atoms with van der Waals surface area (Å²) in [6, 6.07) is 7.17. The molecule has 0 fully saturated rings. The van der Waals surface area contributed by atoms with Gasteiger partial charge in [0.1, 0.15) is 0 Å². The van der Waals surface area contributed by atoms with Gasteiger partial charge in [-0.3, -0.25) is 0 Å². The second kappa shape index (κ2) is 12.1. The molecule has 0 unspecified atom stereocenters. The van der Waals surface area contributed by atoms with Crippen molar-refractivity contribution in [3.05, 3.63) is 50.9 Å². The zero-order valence-corrected chi connectivity index (χ0v) is 21.0. The van der Waals surface area contributed by atoms with E-state index in [1.165, 1.54) is 73.8 Å². The van der Waals surface area contributed by atoms with E-state index in [0.717, 1.165) is 6.42 Å². The molecule has 3 heteroatoms. The molecule has 149 valence electrons. The van der Waals surface area contributed by atoms with Crippen molar-refractivity contribution in [3.8, 4) is 5.75 Å². The van der Waals surface area contributed by atoms with Gasteiger partial charge < -0.3 is 0 Å². The molecule has 0 N–H and O–H groups in total. The summed E-state index contributed by atoms with van der Waals surface area (Å²) in [5.74, 6) is 1.18. The molecular weight excluding hydrogens is 380 g/mol. The quantitative estimate of drug-likeness (QED) is 0.255. The zero-order valence-electron chi connectivity index (χ0n) is 18.2. The van der Waals surface area contributed by atoms with Crippen molar-refractivity contribution in [2.45, 2.75) is 91.7 Å². The Hall–Kier alpha value is -0.569. The van der Waals surface area contributed by atoms with E-state index in [2.05, 4.69) is 64.2 Å². The average Bonchev–Trinajstić information content (AvgIpc) is 3.05. The summed E-state index contributed by atoms with van der Waals surface area (Å²) >= 11 is -1.62. The van der Waals surface area contributed by atoms with Gasteiger partial charge in [-0.1, -0.05) is 0 Å². The summed E-state index contributed by atoms with van der Waals surface area (Å²) in [6.07, 6.45) is 16.0. The van der Waals surface area contributed by atoms with Crippen molar-refractivity contribution in [2.75, 3.05) is 0 Å². The van der Waals surface area contributed by atoms with Gasteiger partial charge in [0.05, 0.1) is 0 Å². The van der Waals surface area contributed by atoms with Crippen LogP contribution < -0.4 is 3.32 Å². The van der Waals surface area contributed by atoms with Crippen LogP contribution in [0.3, 0.4) is 0 Å². The van der Waals surface area contributed by atoms with E-state index in [0.29, 0.717) is 0 Å². The maximum atomic E-state index is 6.85. The molecule has 0 spiro atoms. The number of aryl methyl sites for hydroxylation is 2. The van der Waals surface area contributed by atoms with E-state index in [4.69, 9.17) is 3.32 Å². The second-order valence-corrected chi connectivity index (χ2v) is 20.6. The van der Waals surface area contributed by atoms with E-state index in [-0.39, 0.29) is 0 Å². The molecule has 1 aliphatic rings. The summed E-state index contributed by atoms with van der Waals surface area (Å²) in [4.78, 5) is 0. The first-order valence-electron chi connectivity index (χ1n) is 11.1. The van der Waals surface area contributed by atoms with Crippen LogP contribution in [0.2, 0.25) is 13.1 Å². The summed E-state index contributed by atoms with van der Waals surface area (Å²) < 4.78 is 8.54. The molecule has 0 saturated carbocycles. The van der Waals surface area contributed by atoms with Crippen molar-refractivity contribution >= 4 is 6.66 Å². The standard InChI is InChI=1S/C16H26O.C6H7.C2H7Si.Ti/c1-3-5-7-9-14-11-15(10-8-6-4-2)13-16(17)12-14;1-6-4-2-3-5-6;1-3-2;/h11-13,17H,3-10H2,1-2H3;2,4H,3H2,1H3;3H,1-2H3;/q;;;+1/p-1. The van der Waals surface area contributed by atoms with E-state index in [1.807, 2.05) is 0 Å². The first-order valence-corrected chi connectivity index (χ1v) is 18.1. The first kappa shape index (κ1) is 22.7. The van der Waals surface area contributed by atoms with E-state index < -0.39 is 24.2 Å². The number of benzene rings is 1. The van der Waals surface area contributed by atoms with Crippen molar-refractivity contribution in [1.29, 1.82) is 0 Å². The Kier molecular flexibility index (Phi) is 10.2. The summed E-state index contributed by atoms with van der Waals surface area (Å²) in [6.45, 7) is 11.0. The maximum absolute atomic E-state index is 6.85. The molecule has 0 heterocycles. The van der Waals surface area contributed by atoms with Gasteiger partial charge in [0, 0.05) is 0 Å². The van der Waals surface area contributed by atoms with Crippen LogP contribution >= 0.6 is 0 Å². The monoisotopic (exact) mass is 419 g/mol. The van der Waals surface area contributed by atoms with Crippen LogP contribution in [-0.2, 0) is 30.4 Å². The van der Waals surface area contributed by atoms with Gasteiger partial charge >= 0.3 is 176 Å². The fourth-order valence-electron chi connectivity index (χ4n) is 3.80. The molecule has 0 atom stereocenters. The number of unbranched alkanes of at least 4 members (excludes halogenated alkanes) is 4. The summed E-state index contributed by atoms with van der Waals surface area (Å²) in [5, 5.41) is 0. The first-order chi connectivity index (χ1) is 13.0. The van der Waals surface area contributed by atoms with Crippen LogP contribution in [0.25, 0.3) is 0 Å². The van der Waals surface area contributed by atoms with Crippen LogP contribution in [-0.4, -0.2) is 6.66 Å². The molecule has 2 rings (SSSR count). The Bertz CT molecular complexity index is 620. The van der Waals surface area contributed by atoms with Gasteiger partial charge in [-0.15, -0.1) is 0 Å². The molecule has 1 aromatic rings. The predicted molar refractivity (Wildman–Crippen MR) is 119 cm³/mol. The molecule has 0 aromatic heterocycles. The van der Waals surface area contributed by atoms with Crippen LogP contribution in [0.15, 0.2) is 39.8 Å². The van der Waals surface area contributed by atoms with Gasteiger partial charge in [0.15, 0.2) is 0 Å². The third-order valence-electron chi connectivity index (χ3n) is 5.38. The van der Waals surface area contributed by atoms with Crippen LogP contribution in [0, 0.1) is 0 Å². The average molecular weight is 420 g/mol. The minimum absolute atomic E-state index is 0.786. The molecule has 1 aromatic carbocycles. The van der Waals surface area contributed by atoms with Gasteiger partial charge in [0.25, 0.3) is 0 Å². The number of rotatable bonds is 12. The van der Waals surface area contributed by atoms with Crippen LogP contribution in [0.5, 0.6) is 5.75 Å². The molecule has 1 aliphatic carbocycles. The molecular formula is C24H39OSiTi. The van der Waals surface area contributed by atoms with Gasteiger partial charge in [-0.2, -0.15) is 0 Å². The molecule has 1 nitrogen and oxygen atoms in total. The summed E-state index contributed by atoms with van der Waals surface area (Å²) in [5.41, 5.74) is 4.48. The van der Waals surface area contributed by atoms with Gasteiger partial charge in [-0.05, 0) is 0 Å². The Morgan fingerprint density at radius 2 is 1.52 bits per heavy atom. The number of hydrogen-bond donors (Lipinski definition) is 0. The third kappa shape index (κ3) is 7.40. The van der Waals surface area contributed by atoms with Gasteiger partial charge in [-0.25, -0.2) is 0 Å². The van der Waals surface area contributed by atoms with E-state index in [1.54, 1.807) is 3.88 Å². The second-order valence-electron chi connectivity index (χ2n) is 8.29. The van der Waals surface area contributed by atoms with Crippen molar-refractivity contribution in [3.63, 3.8) is 0 Å². The normalized spacial score (nSPS) is 13.7.